The number of hydrogen-bond donors (Lipinski definition) is 0. The van der Waals surface area contributed by atoms with Gasteiger partial charge in [-0.1, -0.05) is 66.7 Å². The van der Waals surface area contributed by atoms with E-state index in [1.165, 1.54) is 21.7 Å². The van der Waals surface area contributed by atoms with E-state index in [9.17, 15) is 0 Å². The van der Waals surface area contributed by atoms with Gasteiger partial charge in [-0.05, 0) is 90.1 Å². The number of benzene rings is 5. The van der Waals surface area contributed by atoms with Gasteiger partial charge >= 0.3 is 7.12 Å². The zero-order chi connectivity index (χ0) is 24.7. The smallest absolute Gasteiger partial charge is 0.456 e. The van der Waals surface area contributed by atoms with Crippen LogP contribution in [0.4, 0.5) is 0 Å². The summed E-state index contributed by atoms with van der Waals surface area (Å²) >= 11 is 0. The largest absolute Gasteiger partial charge is 0.495 e. The minimum absolute atomic E-state index is 0.380. The Hall–Kier alpha value is -3.60. The van der Waals surface area contributed by atoms with E-state index < -0.39 is 7.12 Å². The molecule has 5 aromatic carbocycles. The molecule has 0 N–H and O–H groups in total. The summed E-state index contributed by atoms with van der Waals surface area (Å²) in [6, 6.07) is 32.2. The second-order valence-electron chi connectivity index (χ2n) is 10.8. The molecule has 1 aliphatic heterocycles. The van der Waals surface area contributed by atoms with Crippen molar-refractivity contribution in [2.75, 3.05) is 0 Å². The lowest BCUT2D eigenvalue weighted by molar-refractivity contribution is 0.00578. The van der Waals surface area contributed by atoms with Gasteiger partial charge in [-0.2, -0.15) is 0 Å². The van der Waals surface area contributed by atoms with E-state index in [4.69, 9.17) is 13.7 Å². The predicted octanol–water partition coefficient (Wildman–Crippen LogP) is 7.86. The normalized spacial score (nSPS) is 17.1. The minimum atomic E-state index is -0.400. The third-order valence-electron chi connectivity index (χ3n) is 8.11. The van der Waals surface area contributed by atoms with E-state index in [0.29, 0.717) is 0 Å². The van der Waals surface area contributed by atoms with Crippen molar-refractivity contribution in [3.05, 3.63) is 91.0 Å². The Bertz CT molecular complexity index is 1800. The molecule has 1 aliphatic rings. The highest BCUT2D eigenvalue weighted by Gasteiger charge is 2.52. The first-order valence-electron chi connectivity index (χ1n) is 12.5. The summed E-state index contributed by atoms with van der Waals surface area (Å²) in [4.78, 5) is 0. The molecule has 0 atom stereocenters. The summed E-state index contributed by atoms with van der Waals surface area (Å²) in [5.41, 5.74) is 4.47. The molecule has 0 bridgehead atoms. The third-order valence-corrected chi connectivity index (χ3v) is 8.11. The second kappa shape index (κ2) is 7.46. The predicted molar refractivity (Wildman–Crippen MR) is 150 cm³/mol. The number of furan rings is 1. The van der Waals surface area contributed by atoms with E-state index in [1.54, 1.807) is 0 Å². The van der Waals surface area contributed by atoms with E-state index in [2.05, 4.69) is 119 Å². The van der Waals surface area contributed by atoms with Gasteiger partial charge in [-0.25, -0.2) is 0 Å². The summed E-state index contributed by atoms with van der Waals surface area (Å²) < 4.78 is 19.0. The second-order valence-corrected chi connectivity index (χ2v) is 10.8. The Morgan fingerprint density at radius 1 is 0.556 bits per heavy atom. The molecule has 1 aromatic heterocycles. The van der Waals surface area contributed by atoms with Gasteiger partial charge in [0.2, 0.25) is 0 Å². The number of hydrogen-bond acceptors (Lipinski definition) is 3. The molecular weight excluding hydrogens is 443 g/mol. The molecular formula is C32H27BO3. The van der Waals surface area contributed by atoms with Gasteiger partial charge in [0.15, 0.2) is 0 Å². The Morgan fingerprint density at radius 2 is 1.19 bits per heavy atom. The Labute approximate surface area is 210 Å². The average molecular weight is 470 g/mol. The standard InChI is InChI=1S/C32H27BO3/c1-31(2)32(3,4)36-33(35-31)28-15-14-23(24-11-7-8-12-25(24)28)22-13-16-29-26(18-22)27-17-20-9-5-6-10-21(20)19-30(27)34-29/h5-19H,1-4H3. The molecule has 0 unspecified atom stereocenters. The first kappa shape index (κ1) is 21.7. The maximum Gasteiger partial charge on any atom is 0.495 e. The first-order valence-corrected chi connectivity index (χ1v) is 12.5. The van der Waals surface area contributed by atoms with Gasteiger partial charge in [0.25, 0.3) is 0 Å². The molecule has 36 heavy (non-hydrogen) atoms. The van der Waals surface area contributed by atoms with Crippen LogP contribution in [0, 0.1) is 0 Å². The minimum Gasteiger partial charge on any atom is -0.456 e. The van der Waals surface area contributed by atoms with Crippen LogP contribution >= 0.6 is 0 Å². The zero-order valence-electron chi connectivity index (χ0n) is 21.0. The topological polar surface area (TPSA) is 31.6 Å². The molecule has 0 saturated carbocycles. The Morgan fingerprint density at radius 3 is 1.94 bits per heavy atom. The van der Waals surface area contributed by atoms with Crippen molar-refractivity contribution in [1.82, 2.24) is 0 Å². The highest BCUT2D eigenvalue weighted by molar-refractivity contribution is 6.65. The monoisotopic (exact) mass is 470 g/mol. The van der Waals surface area contributed by atoms with E-state index in [0.717, 1.165) is 38.4 Å². The van der Waals surface area contributed by atoms with Crippen molar-refractivity contribution < 1.29 is 13.7 Å². The van der Waals surface area contributed by atoms with Crippen molar-refractivity contribution in [2.24, 2.45) is 0 Å². The van der Waals surface area contributed by atoms with Crippen molar-refractivity contribution in [1.29, 1.82) is 0 Å². The van der Waals surface area contributed by atoms with Crippen LogP contribution in [0.15, 0.2) is 95.4 Å². The maximum absolute atomic E-state index is 6.40. The maximum atomic E-state index is 6.40. The molecule has 176 valence electrons. The molecule has 6 aromatic rings. The number of rotatable bonds is 2. The molecule has 4 heteroatoms. The lowest BCUT2D eigenvalue weighted by Crippen LogP contribution is -2.41. The molecule has 1 fully saturated rings. The van der Waals surface area contributed by atoms with Gasteiger partial charge in [-0.15, -0.1) is 0 Å². The van der Waals surface area contributed by atoms with Gasteiger partial charge in [-0.3, -0.25) is 0 Å². The Balaban J connectivity index is 1.39. The molecule has 0 radical (unpaired) electrons. The van der Waals surface area contributed by atoms with E-state index in [-0.39, 0.29) is 11.2 Å². The summed E-state index contributed by atoms with van der Waals surface area (Å²) in [7, 11) is -0.400. The summed E-state index contributed by atoms with van der Waals surface area (Å²) in [5.74, 6) is 0. The van der Waals surface area contributed by atoms with Crippen LogP contribution in [0.1, 0.15) is 27.7 Å². The van der Waals surface area contributed by atoms with Crippen LogP contribution in [0.2, 0.25) is 0 Å². The number of fused-ring (bicyclic) bond motifs is 5. The molecule has 7 rings (SSSR count). The van der Waals surface area contributed by atoms with E-state index >= 15 is 0 Å². The zero-order valence-corrected chi connectivity index (χ0v) is 21.0. The SMILES string of the molecule is CC1(C)OB(c2ccc(-c3ccc4oc5cc6ccccc6cc5c4c3)c3ccccc23)OC1(C)C. The lowest BCUT2D eigenvalue weighted by atomic mass is 9.75. The molecule has 1 saturated heterocycles. The molecule has 2 heterocycles. The first-order chi connectivity index (χ1) is 17.3. The highest BCUT2D eigenvalue weighted by atomic mass is 16.7. The fourth-order valence-corrected chi connectivity index (χ4v) is 5.38. The van der Waals surface area contributed by atoms with Crippen LogP contribution in [0.25, 0.3) is 54.6 Å². The fourth-order valence-electron chi connectivity index (χ4n) is 5.38. The van der Waals surface area contributed by atoms with Gasteiger partial charge in [0.1, 0.15) is 11.2 Å². The molecule has 0 aliphatic carbocycles. The Kier molecular flexibility index (Phi) is 4.49. The van der Waals surface area contributed by atoms with Crippen LogP contribution in [0.5, 0.6) is 0 Å². The van der Waals surface area contributed by atoms with Crippen molar-refractivity contribution in [3.63, 3.8) is 0 Å². The summed E-state index contributed by atoms with van der Waals surface area (Å²) in [6.07, 6.45) is 0. The van der Waals surface area contributed by atoms with Crippen LogP contribution in [0.3, 0.4) is 0 Å². The van der Waals surface area contributed by atoms with E-state index in [1.807, 2.05) is 0 Å². The molecule has 0 amide bonds. The van der Waals surface area contributed by atoms with Crippen LogP contribution in [-0.2, 0) is 9.31 Å². The van der Waals surface area contributed by atoms with Crippen molar-refractivity contribution in [3.8, 4) is 11.1 Å². The highest BCUT2D eigenvalue weighted by Crippen LogP contribution is 2.39. The summed E-state index contributed by atoms with van der Waals surface area (Å²) in [5, 5.41) is 7.01. The van der Waals surface area contributed by atoms with Gasteiger partial charge in [0, 0.05) is 10.8 Å². The quantitative estimate of drug-likeness (QED) is 0.242. The lowest BCUT2D eigenvalue weighted by Gasteiger charge is -2.32. The third kappa shape index (κ3) is 3.15. The van der Waals surface area contributed by atoms with Crippen LogP contribution < -0.4 is 5.46 Å². The van der Waals surface area contributed by atoms with Gasteiger partial charge in [0.05, 0.1) is 11.2 Å². The molecule has 3 nitrogen and oxygen atoms in total. The average Bonchev–Trinajstić information content (AvgIpc) is 3.33. The summed E-state index contributed by atoms with van der Waals surface area (Å²) in [6.45, 7) is 8.38. The molecule has 0 spiro atoms. The van der Waals surface area contributed by atoms with Crippen molar-refractivity contribution in [2.45, 2.75) is 38.9 Å². The fraction of sp³-hybridized carbons (Fsp3) is 0.188. The van der Waals surface area contributed by atoms with Crippen LogP contribution in [-0.4, -0.2) is 18.3 Å². The van der Waals surface area contributed by atoms with Gasteiger partial charge < -0.3 is 13.7 Å². The van der Waals surface area contributed by atoms with Crippen molar-refractivity contribution >= 4 is 56.1 Å².